The van der Waals surface area contributed by atoms with E-state index in [1.54, 1.807) is 0 Å². The largest absolute Gasteiger partial charge is 0.478 e. The van der Waals surface area contributed by atoms with Crippen LogP contribution >= 0.6 is 0 Å². The molecule has 110 valence electrons. The molecule has 2 N–H and O–H groups in total. The molecule has 0 fully saturated rings. The number of aromatic nitrogens is 1. The van der Waals surface area contributed by atoms with Gasteiger partial charge in [-0.2, -0.15) is 0 Å². The van der Waals surface area contributed by atoms with Crippen LogP contribution in [0.15, 0.2) is 12.3 Å². The molecule has 1 aromatic rings. The molecule has 10 heteroatoms. The maximum atomic E-state index is 10.9. The maximum Gasteiger partial charge on any atom is 0.337 e. The zero-order chi connectivity index (χ0) is 15.3. The summed E-state index contributed by atoms with van der Waals surface area (Å²) in [6.45, 7) is 0.174. The summed E-state index contributed by atoms with van der Waals surface area (Å²) in [6.07, 6.45) is 2.35. The Morgan fingerprint density at radius 2 is 2.20 bits per heavy atom. The molecule has 0 saturated carbocycles. The number of hydrogen-bond donors (Lipinski definition) is 2. The van der Waals surface area contributed by atoms with Crippen molar-refractivity contribution in [2.45, 2.75) is 6.42 Å². The second kappa shape index (κ2) is 6.28. The topological polar surface area (TPSA) is 140 Å². The lowest BCUT2D eigenvalue weighted by molar-refractivity contribution is -0.384. The molecule has 0 unspecified atom stereocenters. The number of pyridine rings is 1. The molecule has 0 atom stereocenters. The number of carboxylic acids is 1. The molecule has 0 spiro atoms. The molecule has 0 amide bonds. The van der Waals surface area contributed by atoms with Gasteiger partial charge in [0.25, 0.3) is 0 Å². The van der Waals surface area contributed by atoms with Crippen molar-refractivity contribution < 1.29 is 23.2 Å². The second-order valence-corrected chi connectivity index (χ2v) is 6.32. The summed E-state index contributed by atoms with van der Waals surface area (Å²) >= 11 is 0. The fourth-order valence-electron chi connectivity index (χ4n) is 1.39. The molecule has 0 bridgehead atoms. The van der Waals surface area contributed by atoms with E-state index >= 15 is 0 Å². The highest BCUT2D eigenvalue weighted by molar-refractivity contribution is 7.90. The van der Waals surface area contributed by atoms with Crippen LogP contribution < -0.4 is 5.32 Å². The monoisotopic (exact) mass is 303 g/mol. The highest BCUT2D eigenvalue weighted by Crippen LogP contribution is 2.22. The van der Waals surface area contributed by atoms with Crippen LogP contribution in [0.4, 0.5) is 11.5 Å². The lowest BCUT2D eigenvalue weighted by Gasteiger charge is -2.06. The Kier molecular flexibility index (Phi) is 4.97. The lowest BCUT2D eigenvalue weighted by Crippen LogP contribution is -2.12. The Morgan fingerprint density at radius 3 is 2.70 bits per heavy atom. The van der Waals surface area contributed by atoms with E-state index in [0.29, 0.717) is 0 Å². The van der Waals surface area contributed by atoms with E-state index in [0.717, 1.165) is 18.5 Å². The van der Waals surface area contributed by atoms with Gasteiger partial charge in [0.15, 0.2) is 0 Å². The summed E-state index contributed by atoms with van der Waals surface area (Å²) in [6, 6.07) is 0.897. The van der Waals surface area contributed by atoms with E-state index < -0.39 is 26.4 Å². The lowest BCUT2D eigenvalue weighted by atomic mass is 10.2. The van der Waals surface area contributed by atoms with Gasteiger partial charge in [-0.15, -0.1) is 0 Å². The molecule has 1 aromatic heterocycles. The Balaban J connectivity index is 2.79. The average Bonchev–Trinajstić information content (AvgIpc) is 2.33. The summed E-state index contributed by atoms with van der Waals surface area (Å²) in [5.41, 5.74) is -0.761. The second-order valence-electron chi connectivity index (χ2n) is 4.06. The number of carboxylic acid groups (broad SMARTS) is 1. The quantitative estimate of drug-likeness (QED) is 0.422. The number of aromatic carboxylic acids is 1. The zero-order valence-corrected chi connectivity index (χ0v) is 11.4. The van der Waals surface area contributed by atoms with Gasteiger partial charge in [0.05, 0.1) is 16.2 Å². The first-order chi connectivity index (χ1) is 9.20. The zero-order valence-electron chi connectivity index (χ0n) is 10.6. The van der Waals surface area contributed by atoms with Gasteiger partial charge in [0.2, 0.25) is 5.82 Å². The van der Waals surface area contributed by atoms with Crippen molar-refractivity contribution in [1.82, 2.24) is 4.98 Å². The SMILES string of the molecule is CS(=O)(=O)CCCNc1ncc(C(=O)O)cc1[N+](=O)[O-]. The molecule has 0 aliphatic carbocycles. The normalized spacial score (nSPS) is 11.1. The molecule has 0 radical (unpaired) electrons. The van der Waals surface area contributed by atoms with Gasteiger partial charge in [0.1, 0.15) is 9.84 Å². The molecule has 1 rings (SSSR count). The van der Waals surface area contributed by atoms with Gasteiger partial charge in [-0.25, -0.2) is 18.2 Å². The van der Waals surface area contributed by atoms with E-state index in [1.807, 2.05) is 0 Å². The molecule has 0 saturated heterocycles. The number of carbonyl (C=O) groups is 1. The van der Waals surface area contributed by atoms with E-state index in [9.17, 15) is 23.3 Å². The Bertz CT molecular complexity index is 628. The average molecular weight is 303 g/mol. The van der Waals surface area contributed by atoms with Gasteiger partial charge in [-0.05, 0) is 6.42 Å². The molecule has 1 heterocycles. The van der Waals surface area contributed by atoms with E-state index in [1.165, 1.54) is 0 Å². The van der Waals surface area contributed by atoms with Crippen molar-refractivity contribution in [2.24, 2.45) is 0 Å². The van der Waals surface area contributed by atoms with Gasteiger partial charge in [-0.3, -0.25) is 10.1 Å². The van der Waals surface area contributed by atoms with E-state index in [4.69, 9.17) is 5.11 Å². The number of nitro groups is 1. The van der Waals surface area contributed by atoms with Gasteiger partial charge < -0.3 is 10.4 Å². The summed E-state index contributed by atoms with van der Waals surface area (Å²) < 4.78 is 21.8. The van der Waals surface area contributed by atoms with Crippen LogP contribution in [0, 0.1) is 10.1 Å². The number of hydrogen-bond acceptors (Lipinski definition) is 7. The van der Waals surface area contributed by atoms with Crippen LogP contribution in [0.1, 0.15) is 16.8 Å². The van der Waals surface area contributed by atoms with Crippen molar-refractivity contribution >= 4 is 27.3 Å². The number of anilines is 1. The Morgan fingerprint density at radius 1 is 1.55 bits per heavy atom. The van der Waals surface area contributed by atoms with Gasteiger partial charge in [0, 0.05) is 25.1 Å². The van der Waals surface area contributed by atoms with Crippen molar-refractivity contribution in [1.29, 1.82) is 0 Å². The summed E-state index contributed by atoms with van der Waals surface area (Å²) in [7, 11) is -3.09. The van der Waals surface area contributed by atoms with Crippen LogP contribution in [0.5, 0.6) is 0 Å². The van der Waals surface area contributed by atoms with Gasteiger partial charge >= 0.3 is 11.7 Å². The first kappa shape index (κ1) is 15.8. The number of sulfone groups is 1. The molecule has 20 heavy (non-hydrogen) atoms. The summed E-state index contributed by atoms with van der Waals surface area (Å²) in [5.74, 6) is -1.46. The molecular weight excluding hydrogens is 290 g/mol. The van der Waals surface area contributed by atoms with Crippen LogP contribution in [0.2, 0.25) is 0 Å². The van der Waals surface area contributed by atoms with Crippen LogP contribution in [-0.4, -0.2) is 48.0 Å². The van der Waals surface area contributed by atoms with E-state index in [2.05, 4.69) is 10.3 Å². The summed E-state index contributed by atoms with van der Waals surface area (Å²) in [5, 5.41) is 22.2. The van der Waals surface area contributed by atoms with Crippen LogP contribution in [-0.2, 0) is 9.84 Å². The summed E-state index contributed by atoms with van der Waals surface area (Å²) in [4.78, 5) is 24.5. The fraction of sp³-hybridized carbons (Fsp3) is 0.400. The minimum Gasteiger partial charge on any atom is -0.478 e. The Hall–Kier alpha value is -2.23. The van der Waals surface area contributed by atoms with Crippen LogP contribution in [0.3, 0.4) is 0 Å². The van der Waals surface area contributed by atoms with Crippen molar-refractivity contribution in [3.05, 3.63) is 27.9 Å². The van der Waals surface area contributed by atoms with Crippen molar-refractivity contribution in [3.63, 3.8) is 0 Å². The molecule has 9 nitrogen and oxygen atoms in total. The number of rotatable bonds is 7. The Labute approximate surface area is 114 Å². The third-order valence-corrected chi connectivity index (χ3v) is 3.33. The first-order valence-corrected chi connectivity index (χ1v) is 7.56. The number of nitrogens with zero attached hydrogens (tertiary/aromatic N) is 2. The minimum atomic E-state index is -3.09. The number of nitrogens with one attached hydrogen (secondary N) is 1. The van der Waals surface area contributed by atoms with Gasteiger partial charge in [-0.1, -0.05) is 0 Å². The fourth-order valence-corrected chi connectivity index (χ4v) is 2.06. The molecule has 0 aromatic carbocycles. The predicted octanol–water partition coefficient (Wildman–Crippen LogP) is 0.535. The van der Waals surface area contributed by atoms with Crippen LogP contribution in [0.25, 0.3) is 0 Å². The molecule has 0 aliphatic rings. The molecular formula is C10H13N3O6S. The molecule has 0 aliphatic heterocycles. The third-order valence-electron chi connectivity index (χ3n) is 2.30. The highest BCUT2D eigenvalue weighted by Gasteiger charge is 2.18. The maximum absolute atomic E-state index is 10.9. The van der Waals surface area contributed by atoms with E-state index in [-0.39, 0.29) is 30.1 Å². The smallest absolute Gasteiger partial charge is 0.337 e. The standard InChI is InChI=1S/C10H13N3O6S/c1-20(18,19)4-2-3-11-9-8(13(16)17)5-7(6-12-9)10(14)15/h5-6H,2-4H2,1H3,(H,11,12)(H,14,15). The predicted molar refractivity (Wildman–Crippen MR) is 70.7 cm³/mol. The highest BCUT2D eigenvalue weighted by atomic mass is 32.2. The minimum absolute atomic E-state index is 0.0546. The first-order valence-electron chi connectivity index (χ1n) is 5.50. The third kappa shape index (κ3) is 4.80. The van der Waals surface area contributed by atoms with Crippen molar-refractivity contribution in [3.8, 4) is 0 Å². The van der Waals surface area contributed by atoms with Crippen molar-refractivity contribution in [2.75, 3.05) is 23.9 Å².